The summed E-state index contributed by atoms with van der Waals surface area (Å²) in [4.78, 5) is 20.4. The molecule has 0 saturated heterocycles. The molecule has 3 rings (SSSR count). The van der Waals surface area contributed by atoms with E-state index in [0.717, 1.165) is 49.1 Å². The van der Waals surface area contributed by atoms with Crippen molar-refractivity contribution in [3.8, 4) is 6.01 Å². The summed E-state index contributed by atoms with van der Waals surface area (Å²) < 4.78 is 5.79. The molecule has 0 aliphatic heterocycles. The Morgan fingerprint density at radius 2 is 1.96 bits per heavy atom. The third-order valence-electron chi connectivity index (χ3n) is 4.74. The lowest BCUT2D eigenvalue weighted by Gasteiger charge is -2.28. The molecule has 25 heavy (non-hydrogen) atoms. The summed E-state index contributed by atoms with van der Waals surface area (Å²) in [5.41, 5.74) is 3.17. The number of rotatable bonds is 6. The van der Waals surface area contributed by atoms with Crippen LogP contribution in [0.2, 0.25) is 0 Å². The molecule has 0 radical (unpaired) electrons. The molecule has 2 N–H and O–H groups in total. The van der Waals surface area contributed by atoms with Crippen LogP contribution in [0, 0.1) is 13.8 Å². The Balaban J connectivity index is 1.39. The van der Waals surface area contributed by atoms with Crippen molar-refractivity contribution in [2.45, 2.75) is 64.5 Å². The molecular weight excluding hydrogens is 318 g/mol. The molecule has 7 nitrogen and oxygen atoms in total. The van der Waals surface area contributed by atoms with Crippen LogP contribution in [0.5, 0.6) is 6.01 Å². The molecular formula is C18H25N5O2. The Hall–Kier alpha value is -2.44. The van der Waals surface area contributed by atoms with Gasteiger partial charge in [0, 0.05) is 30.6 Å². The fourth-order valence-corrected chi connectivity index (χ4v) is 3.30. The molecule has 1 fully saturated rings. The van der Waals surface area contributed by atoms with E-state index in [9.17, 15) is 4.79 Å². The van der Waals surface area contributed by atoms with Gasteiger partial charge in [0.15, 0.2) is 0 Å². The molecule has 0 spiro atoms. The van der Waals surface area contributed by atoms with Crippen molar-refractivity contribution >= 4 is 5.91 Å². The summed E-state index contributed by atoms with van der Waals surface area (Å²) in [6.45, 7) is 3.96. The first-order chi connectivity index (χ1) is 12.1. The highest BCUT2D eigenvalue weighted by atomic mass is 16.5. The second-order valence-corrected chi connectivity index (χ2v) is 6.60. The van der Waals surface area contributed by atoms with Gasteiger partial charge in [-0.25, -0.2) is 9.97 Å². The Labute approximate surface area is 147 Å². The third-order valence-corrected chi connectivity index (χ3v) is 4.74. The summed E-state index contributed by atoms with van der Waals surface area (Å²) in [7, 11) is 0. The van der Waals surface area contributed by atoms with E-state index in [1.54, 1.807) is 18.5 Å². The highest BCUT2D eigenvalue weighted by Gasteiger charge is 2.24. The van der Waals surface area contributed by atoms with Crippen LogP contribution in [0.25, 0.3) is 0 Å². The van der Waals surface area contributed by atoms with Gasteiger partial charge in [0.05, 0.1) is 5.69 Å². The second-order valence-electron chi connectivity index (χ2n) is 6.60. The minimum Gasteiger partial charge on any atom is -0.460 e. The van der Waals surface area contributed by atoms with E-state index in [4.69, 9.17) is 4.74 Å². The van der Waals surface area contributed by atoms with E-state index in [2.05, 4.69) is 25.5 Å². The maximum atomic E-state index is 12.2. The summed E-state index contributed by atoms with van der Waals surface area (Å²) in [5.74, 6) is 0.107. The molecule has 1 aliphatic carbocycles. The van der Waals surface area contributed by atoms with Crippen molar-refractivity contribution in [2.24, 2.45) is 0 Å². The lowest BCUT2D eigenvalue weighted by molar-refractivity contribution is -0.122. The lowest BCUT2D eigenvalue weighted by Crippen LogP contribution is -2.39. The summed E-state index contributed by atoms with van der Waals surface area (Å²) >= 11 is 0. The number of ether oxygens (including phenoxy) is 1. The molecule has 134 valence electrons. The molecule has 0 unspecified atom stereocenters. The zero-order chi connectivity index (χ0) is 17.6. The molecule has 2 heterocycles. The molecule has 0 aromatic carbocycles. The van der Waals surface area contributed by atoms with Crippen molar-refractivity contribution < 1.29 is 9.53 Å². The molecule has 0 bridgehead atoms. The quantitative estimate of drug-likeness (QED) is 0.839. The van der Waals surface area contributed by atoms with E-state index in [0.29, 0.717) is 12.4 Å². The Morgan fingerprint density at radius 3 is 2.60 bits per heavy atom. The topological polar surface area (TPSA) is 92.8 Å². The van der Waals surface area contributed by atoms with E-state index in [1.165, 1.54) is 0 Å². The maximum absolute atomic E-state index is 12.2. The summed E-state index contributed by atoms with van der Waals surface area (Å²) in [6, 6.07) is 2.43. The highest BCUT2D eigenvalue weighted by Crippen LogP contribution is 2.22. The molecule has 2 aromatic rings. The zero-order valence-corrected chi connectivity index (χ0v) is 14.8. The smallest absolute Gasteiger partial charge is 0.316 e. The van der Waals surface area contributed by atoms with E-state index in [-0.39, 0.29) is 18.1 Å². The van der Waals surface area contributed by atoms with Crippen molar-refractivity contribution in [1.82, 2.24) is 25.5 Å². The first-order valence-corrected chi connectivity index (χ1v) is 8.85. The van der Waals surface area contributed by atoms with Crippen LogP contribution in [-0.2, 0) is 11.2 Å². The van der Waals surface area contributed by atoms with Gasteiger partial charge in [0.2, 0.25) is 5.91 Å². The fraction of sp³-hybridized carbons (Fsp3) is 0.556. The number of amides is 1. The monoisotopic (exact) mass is 343 g/mol. The third kappa shape index (κ3) is 4.78. The number of hydrogen-bond donors (Lipinski definition) is 2. The van der Waals surface area contributed by atoms with Crippen molar-refractivity contribution in [3.05, 3.63) is 35.4 Å². The minimum atomic E-state index is 0.107. The molecule has 1 saturated carbocycles. The van der Waals surface area contributed by atoms with Gasteiger partial charge in [0.25, 0.3) is 0 Å². The minimum absolute atomic E-state index is 0.107. The number of aromatic amines is 1. The number of aryl methyl sites for hydroxylation is 2. The predicted octanol–water partition coefficient (Wildman–Crippen LogP) is 2.26. The predicted molar refractivity (Wildman–Crippen MR) is 93.2 cm³/mol. The lowest BCUT2D eigenvalue weighted by atomic mass is 9.93. The average molecular weight is 343 g/mol. The highest BCUT2D eigenvalue weighted by molar-refractivity contribution is 5.76. The number of carbonyl (C=O) groups is 1. The number of nitrogens with zero attached hydrogens (tertiary/aromatic N) is 3. The summed E-state index contributed by atoms with van der Waals surface area (Å²) in [5, 5.41) is 10.3. The van der Waals surface area contributed by atoms with Crippen LogP contribution >= 0.6 is 0 Å². The SMILES string of the molecule is Cc1n[nH]c(C)c1CCC(=O)NC1CCC(Oc2ncccn2)CC1. The molecule has 1 aliphatic rings. The Morgan fingerprint density at radius 1 is 1.24 bits per heavy atom. The number of carbonyl (C=O) groups excluding carboxylic acids is 1. The number of aromatic nitrogens is 4. The number of hydrogen-bond acceptors (Lipinski definition) is 5. The van der Waals surface area contributed by atoms with Crippen LogP contribution in [0.15, 0.2) is 18.5 Å². The van der Waals surface area contributed by atoms with Gasteiger partial charge in [-0.2, -0.15) is 5.10 Å². The fourth-order valence-electron chi connectivity index (χ4n) is 3.30. The van der Waals surface area contributed by atoms with Crippen molar-refractivity contribution in [3.63, 3.8) is 0 Å². The van der Waals surface area contributed by atoms with Gasteiger partial charge in [-0.05, 0) is 57.6 Å². The number of H-pyrrole nitrogens is 1. The van der Waals surface area contributed by atoms with Gasteiger partial charge in [-0.3, -0.25) is 9.89 Å². The van der Waals surface area contributed by atoms with E-state index in [1.807, 2.05) is 13.8 Å². The largest absolute Gasteiger partial charge is 0.460 e. The first kappa shape index (κ1) is 17.4. The maximum Gasteiger partial charge on any atom is 0.316 e. The van der Waals surface area contributed by atoms with E-state index < -0.39 is 0 Å². The van der Waals surface area contributed by atoms with Crippen LogP contribution in [0.3, 0.4) is 0 Å². The standard InChI is InChI=1S/C18H25N5O2/c1-12-16(13(2)23-22-12)8-9-17(24)21-14-4-6-15(7-5-14)25-18-19-10-3-11-20-18/h3,10-11,14-15H,4-9H2,1-2H3,(H,21,24)(H,22,23). The number of nitrogens with one attached hydrogen (secondary N) is 2. The molecule has 1 amide bonds. The average Bonchev–Trinajstić information content (AvgIpc) is 2.94. The van der Waals surface area contributed by atoms with Crippen molar-refractivity contribution in [2.75, 3.05) is 0 Å². The first-order valence-electron chi connectivity index (χ1n) is 8.85. The zero-order valence-electron chi connectivity index (χ0n) is 14.8. The Kier molecular flexibility index (Phi) is 5.63. The van der Waals surface area contributed by atoms with Gasteiger partial charge >= 0.3 is 6.01 Å². The van der Waals surface area contributed by atoms with Gasteiger partial charge in [-0.1, -0.05) is 0 Å². The molecule has 0 atom stereocenters. The molecule has 2 aromatic heterocycles. The Bertz CT molecular complexity index is 673. The van der Waals surface area contributed by atoms with Crippen LogP contribution < -0.4 is 10.1 Å². The summed E-state index contributed by atoms with van der Waals surface area (Å²) in [6.07, 6.45) is 8.37. The second kappa shape index (κ2) is 8.09. The van der Waals surface area contributed by atoms with Crippen LogP contribution in [0.4, 0.5) is 0 Å². The van der Waals surface area contributed by atoms with Crippen molar-refractivity contribution in [1.29, 1.82) is 0 Å². The van der Waals surface area contributed by atoms with Gasteiger partial charge in [-0.15, -0.1) is 0 Å². The van der Waals surface area contributed by atoms with E-state index >= 15 is 0 Å². The van der Waals surface area contributed by atoms with Crippen LogP contribution in [-0.4, -0.2) is 38.2 Å². The van der Waals surface area contributed by atoms with Gasteiger partial charge < -0.3 is 10.1 Å². The van der Waals surface area contributed by atoms with Crippen LogP contribution in [0.1, 0.15) is 49.1 Å². The molecule has 7 heteroatoms. The van der Waals surface area contributed by atoms with Gasteiger partial charge in [0.1, 0.15) is 6.10 Å². The normalized spacial score (nSPS) is 20.2.